The summed E-state index contributed by atoms with van der Waals surface area (Å²) in [6.07, 6.45) is -0.594. The molecule has 0 fully saturated rings. The number of aromatic nitrogens is 2. The molecule has 0 spiro atoms. The number of carbonyl (C=O) groups is 2. The van der Waals surface area contributed by atoms with Crippen molar-refractivity contribution in [3.63, 3.8) is 0 Å². The Balaban J connectivity index is 1.77. The van der Waals surface area contributed by atoms with Crippen molar-refractivity contribution in [3.05, 3.63) is 75.3 Å². The average Bonchev–Trinajstić information content (AvgIpc) is 3.15. The van der Waals surface area contributed by atoms with Gasteiger partial charge in [-0.25, -0.2) is 4.79 Å². The van der Waals surface area contributed by atoms with Crippen LogP contribution in [0.1, 0.15) is 33.6 Å². The number of ketones is 1. The highest BCUT2D eigenvalue weighted by molar-refractivity contribution is 6.08. The zero-order valence-corrected chi connectivity index (χ0v) is 15.3. The maximum atomic E-state index is 13.0. The van der Waals surface area contributed by atoms with Crippen LogP contribution in [0.5, 0.6) is 0 Å². The van der Waals surface area contributed by atoms with Crippen LogP contribution in [0.4, 0.5) is 5.69 Å². The average molecular weight is 380 g/mol. The largest absolute Gasteiger partial charge is 0.438 e. The van der Waals surface area contributed by atoms with E-state index in [1.54, 1.807) is 30.3 Å². The summed E-state index contributed by atoms with van der Waals surface area (Å²) in [5.74, 6) is -1.43. The first-order chi connectivity index (χ1) is 13.3. The molecule has 1 unspecified atom stereocenters. The molecule has 8 nitrogen and oxygen atoms in total. The number of fused-ring (bicyclic) bond motifs is 1. The fourth-order valence-corrected chi connectivity index (χ4v) is 3.43. The van der Waals surface area contributed by atoms with Crippen LogP contribution >= 0.6 is 0 Å². The summed E-state index contributed by atoms with van der Waals surface area (Å²) < 4.78 is 6.08. The molecule has 4 rings (SSSR count). The summed E-state index contributed by atoms with van der Waals surface area (Å²) in [6, 6.07) is 12.1. The van der Waals surface area contributed by atoms with Gasteiger partial charge >= 0.3 is 11.3 Å². The number of carbonyl (C=O) groups excluding carboxylic acids is 2. The maximum Gasteiger partial charge on any atom is 0.438 e. The molecule has 2 aromatic carbocycles. The highest BCUT2D eigenvalue weighted by Gasteiger charge is 2.49. The van der Waals surface area contributed by atoms with E-state index in [1.807, 2.05) is 26.0 Å². The Morgan fingerprint density at radius 1 is 1.18 bits per heavy atom. The molecule has 2 heterocycles. The summed E-state index contributed by atoms with van der Waals surface area (Å²) in [4.78, 5) is 37.6. The monoisotopic (exact) mass is 380 g/mol. The first-order valence-electron chi connectivity index (χ1n) is 8.69. The molecule has 0 saturated heterocycles. The van der Waals surface area contributed by atoms with Crippen LogP contribution in [0.25, 0.3) is 5.69 Å². The normalized spacial score (nSPS) is 18.0. The van der Waals surface area contributed by atoms with Gasteiger partial charge in [0.25, 0.3) is 5.91 Å². The van der Waals surface area contributed by atoms with Crippen molar-refractivity contribution < 1.29 is 23.9 Å². The standard InChI is InChI=1S/C20H17N3O5/c1-11-7-8-12(2)15(9-11)23-17(18(25)28-22-23)16(24)10-20(27)13-5-3-4-6-14(13)21-19(20)26/h3-9,27H,10H2,1-2H3,(H-,21,22,24,25,26)/p+1. The molecule has 0 radical (unpaired) electrons. The van der Waals surface area contributed by atoms with Gasteiger partial charge in [0.1, 0.15) is 0 Å². The van der Waals surface area contributed by atoms with E-state index < -0.39 is 29.3 Å². The Labute approximate surface area is 159 Å². The van der Waals surface area contributed by atoms with Crippen molar-refractivity contribution >= 4 is 17.4 Å². The summed E-state index contributed by atoms with van der Waals surface area (Å²) in [6.45, 7) is 3.71. The molecule has 1 amide bonds. The number of Topliss-reactive ketones (excluding diaryl/α,β-unsaturated/α-hetero) is 1. The van der Waals surface area contributed by atoms with Crippen molar-refractivity contribution in [1.29, 1.82) is 0 Å². The van der Waals surface area contributed by atoms with Crippen LogP contribution in [0, 0.1) is 13.8 Å². The van der Waals surface area contributed by atoms with Crippen LogP contribution in [-0.2, 0) is 10.4 Å². The molecule has 142 valence electrons. The molecule has 1 atom stereocenters. The lowest BCUT2D eigenvalue weighted by Crippen LogP contribution is -2.44. The Morgan fingerprint density at radius 2 is 1.93 bits per heavy atom. The number of anilines is 1. The lowest BCUT2D eigenvalue weighted by atomic mass is 9.89. The van der Waals surface area contributed by atoms with E-state index >= 15 is 0 Å². The lowest BCUT2D eigenvalue weighted by molar-refractivity contribution is -0.672. The van der Waals surface area contributed by atoms with Gasteiger partial charge in [-0.15, -0.1) is 0 Å². The number of benzene rings is 2. The Kier molecular flexibility index (Phi) is 4.01. The minimum absolute atomic E-state index is 0.292. The summed E-state index contributed by atoms with van der Waals surface area (Å²) in [5.41, 5.74) is -0.187. The number of hydrogen-bond donors (Lipinski definition) is 3. The Morgan fingerprint density at radius 3 is 2.71 bits per heavy atom. The second-order valence-electron chi connectivity index (χ2n) is 6.91. The summed E-state index contributed by atoms with van der Waals surface area (Å²) >= 11 is 0. The summed E-state index contributed by atoms with van der Waals surface area (Å²) in [5, 5.41) is 15.9. The number of H-pyrrole nitrogens is 1. The number of nitrogens with zero attached hydrogens (tertiary/aromatic N) is 1. The minimum atomic E-state index is -2.06. The fraction of sp³-hybridized carbons (Fsp3) is 0.200. The number of aryl methyl sites for hydroxylation is 2. The zero-order chi connectivity index (χ0) is 20.1. The highest BCUT2D eigenvalue weighted by atomic mass is 16.5. The van der Waals surface area contributed by atoms with Crippen LogP contribution in [-0.4, -0.2) is 22.1 Å². The van der Waals surface area contributed by atoms with Crippen molar-refractivity contribution in [2.45, 2.75) is 25.9 Å². The van der Waals surface area contributed by atoms with Crippen LogP contribution in [0.15, 0.2) is 51.8 Å². The third kappa shape index (κ3) is 2.66. The molecule has 1 aliphatic rings. The Bertz CT molecular complexity index is 1180. The van der Waals surface area contributed by atoms with Gasteiger partial charge in [-0.2, -0.15) is 0 Å². The molecule has 1 aliphatic heterocycles. The number of amides is 1. The van der Waals surface area contributed by atoms with Gasteiger partial charge in [-0.3, -0.25) is 14.1 Å². The molecule has 3 N–H and O–H groups in total. The minimum Gasteiger partial charge on any atom is -0.375 e. The molecule has 0 bridgehead atoms. The number of nitrogens with one attached hydrogen (secondary N) is 2. The molecule has 0 aliphatic carbocycles. The smallest absolute Gasteiger partial charge is 0.375 e. The van der Waals surface area contributed by atoms with Crippen LogP contribution in [0.2, 0.25) is 0 Å². The van der Waals surface area contributed by atoms with E-state index in [4.69, 9.17) is 4.52 Å². The van der Waals surface area contributed by atoms with E-state index in [9.17, 15) is 19.5 Å². The third-order valence-corrected chi connectivity index (χ3v) is 4.93. The van der Waals surface area contributed by atoms with Crippen molar-refractivity contribution in [2.75, 3.05) is 5.32 Å². The number of aromatic amines is 1. The fourth-order valence-electron chi connectivity index (χ4n) is 3.43. The molecule has 28 heavy (non-hydrogen) atoms. The van der Waals surface area contributed by atoms with Crippen LogP contribution in [0.3, 0.4) is 0 Å². The van der Waals surface area contributed by atoms with Crippen molar-refractivity contribution in [2.24, 2.45) is 0 Å². The highest BCUT2D eigenvalue weighted by Crippen LogP contribution is 2.38. The second-order valence-corrected chi connectivity index (χ2v) is 6.91. The van der Waals surface area contributed by atoms with Gasteiger partial charge in [0.05, 0.1) is 6.42 Å². The zero-order valence-electron chi connectivity index (χ0n) is 15.3. The number of para-hydroxylation sites is 1. The van der Waals surface area contributed by atoms with Gasteiger partial charge in [0.15, 0.2) is 5.60 Å². The first-order valence-corrected chi connectivity index (χ1v) is 8.69. The van der Waals surface area contributed by atoms with E-state index in [-0.39, 0.29) is 5.69 Å². The van der Waals surface area contributed by atoms with Gasteiger partial charge in [-0.1, -0.05) is 30.3 Å². The predicted molar refractivity (Wildman–Crippen MR) is 98.3 cm³/mol. The van der Waals surface area contributed by atoms with E-state index in [1.165, 1.54) is 4.68 Å². The van der Waals surface area contributed by atoms with Gasteiger partial charge in [0.2, 0.25) is 11.5 Å². The van der Waals surface area contributed by atoms with Crippen LogP contribution < -0.4 is 15.6 Å². The predicted octanol–water partition coefficient (Wildman–Crippen LogP) is 1.27. The first kappa shape index (κ1) is 17.9. The number of hydrogen-bond acceptors (Lipinski definition) is 5. The van der Waals surface area contributed by atoms with E-state index in [0.717, 1.165) is 11.1 Å². The van der Waals surface area contributed by atoms with Crippen molar-refractivity contribution in [1.82, 2.24) is 5.27 Å². The molecule has 0 saturated carbocycles. The lowest BCUT2D eigenvalue weighted by Gasteiger charge is -2.18. The van der Waals surface area contributed by atoms with E-state index in [0.29, 0.717) is 16.9 Å². The quantitative estimate of drug-likeness (QED) is 0.466. The molecular weight excluding hydrogens is 362 g/mol. The molecule has 8 heteroatoms. The second kappa shape index (κ2) is 6.28. The third-order valence-electron chi connectivity index (χ3n) is 4.93. The van der Waals surface area contributed by atoms with E-state index in [2.05, 4.69) is 10.6 Å². The Hall–Kier alpha value is -3.52. The van der Waals surface area contributed by atoms with Gasteiger partial charge in [-0.05, 0) is 35.4 Å². The number of aliphatic hydroxyl groups is 1. The SMILES string of the molecule is Cc1ccc(C)c(-[n+]2[nH]oc(=O)c2C(=O)CC2(O)C(=O)Nc3ccccc32)c1. The topological polar surface area (TPSA) is 116 Å². The molecule has 1 aromatic heterocycles. The maximum absolute atomic E-state index is 13.0. The van der Waals surface area contributed by atoms with Gasteiger partial charge < -0.3 is 10.4 Å². The summed E-state index contributed by atoms with van der Waals surface area (Å²) in [7, 11) is 0. The molecular formula is C20H18N3O5+. The number of rotatable bonds is 4. The van der Waals surface area contributed by atoms with Gasteiger partial charge in [0, 0.05) is 22.9 Å². The van der Waals surface area contributed by atoms with Crippen molar-refractivity contribution in [3.8, 4) is 5.69 Å². The molecule has 3 aromatic rings.